The minimum atomic E-state index is 0.815. The van der Waals surface area contributed by atoms with Gasteiger partial charge >= 0.3 is 0 Å². The van der Waals surface area contributed by atoms with Gasteiger partial charge in [-0.2, -0.15) is 0 Å². The van der Waals surface area contributed by atoms with Gasteiger partial charge in [-0.05, 0) is 18.1 Å². The summed E-state index contributed by atoms with van der Waals surface area (Å²) >= 11 is 0. The fraction of sp³-hybridized carbons (Fsp3) is 0.400. The lowest BCUT2D eigenvalue weighted by atomic mass is 10.2. The van der Waals surface area contributed by atoms with E-state index in [0.29, 0.717) is 0 Å². The van der Waals surface area contributed by atoms with Crippen LogP contribution < -0.4 is 0 Å². The van der Waals surface area contributed by atoms with E-state index >= 15 is 0 Å². The number of rotatable bonds is 2. The molecule has 0 saturated heterocycles. The highest BCUT2D eigenvalue weighted by Gasteiger charge is 1.99. The molecule has 0 unspecified atom stereocenters. The van der Waals surface area contributed by atoms with Crippen molar-refractivity contribution in [3.8, 4) is 11.4 Å². The molecule has 2 heterocycles. The summed E-state index contributed by atoms with van der Waals surface area (Å²) in [5.74, 6) is 0. The second-order valence-electron chi connectivity index (χ2n) is 3.00. The Kier molecular flexibility index (Phi) is 9.37. The van der Waals surface area contributed by atoms with E-state index in [1.165, 1.54) is 5.56 Å². The van der Waals surface area contributed by atoms with Crippen LogP contribution in [-0.4, -0.2) is 15.0 Å². The van der Waals surface area contributed by atoms with E-state index in [-0.39, 0.29) is 0 Å². The van der Waals surface area contributed by atoms with Crippen molar-refractivity contribution in [1.29, 1.82) is 0 Å². The second kappa shape index (κ2) is 10.4. The van der Waals surface area contributed by atoms with Crippen LogP contribution in [0.3, 0.4) is 0 Å². The van der Waals surface area contributed by atoms with Crippen LogP contribution in [0.25, 0.3) is 11.4 Å². The van der Waals surface area contributed by atoms with Gasteiger partial charge in [0.15, 0.2) is 0 Å². The predicted molar refractivity (Wildman–Crippen MR) is 77.3 cm³/mol. The lowest BCUT2D eigenvalue weighted by Gasteiger charge is -1.99. The van der Waals surface area contributed by atoms with Crippen molar-refractivity contribution in [2.45, 2.75) is 41.0 Å². The van der Waals surface area contributed by atoms with E-state index in [1.54, 1.807) is 18.6 Å². The van der Waals surface area contributed by atoms with Crippen LogP contribution >= 0.6 is 0 Å². The van der Waals surface area contributed by atoms with Gasteiger partial charge in [0, 0.05) is 18.6 Å². The number of aromatic nitrogens is 3. The average Bonchev–Trinajstić information content (AvgIpc) is 2.52. The van der Waals surface area contributed by atoms with E-state index in [0.717, 1.165) is 17.8 Å². The molecule has 3 nitrogen and oxygen atoms in total. The molecule has 0 atom stereocenters. The second-order valence-corrected chi connectivity index (χ2v) is 3.00. The summed E-state index contributed by atoms with van der Waals surface area (Å²) in [7, 11) is 0. The lowest BCUT2D eigenvalue weighted by Crippen LogP contribution is -1.89. The van der Waals surface area contributed by atoms with Crippen LogP contribution in [-0.2, 0) is 6.42 Å². The van der Waals surface area contributed by atoms with Crippen LogP contribution in [0.5, 0.6) is 0 Å². The minimum absolute atomic E-state index is 0.815. The number of nitrogens with zero attached hydrogens (tertiary/aromatic N) is 3. The van der Waals surface area contributed by atoms with Crippen molar-refractivity contribution in [2.24, 2.45) is 0 Å². The minimum Gasteiger partial charge on any atom is -0.261 e. The van der Waals surface area contributed by atoms with Gasteiger partial charge < -0.3 is 0 Å². The highest BCUT2D eigenvalue weighted by Crippen LogP contribution is 2.12. The summed E-state index contributed by atoms with van der Waals surface area (Å²) in [5, 5.41) is 0. The Morgan fingerprint density at radius 3 is 2.00 bits per heavy atom. The molecule has 0 aliphatic carbocycles. The highest BCUT2D eigenvalue weighted by atomic mass is 14.8. The standard InChI is InChI=1S/C11H11N3.2C2H6/c1-2-9-3-4-10(14-7-9)11-8-12-5-6-13-11;2*1-2/h3-8H,2H2,1H3;2*1-2H3. The van der Waals surface area contributed by atoms with Crippen molar-refractivity contribution in [2.75, 3.05) is 0 Å². The first-order valence-corrected chi connectivity index (χ1v) is 6.61. The van der Waals surface area contributed by atoms with Crippen molar-refractivity contribution in [1.82, 2.24) is 15.0 Å². The topological polar surface area (TPSA) is 38.7 Å². The number of pyridine rings is 1. The Morgan fingerprint density at radius 2 is 1.56 bits per heavy atom. The van der Waals surface area contributed by atoms with E-state index in [4.69, 9.17) is 0 Å². The zero-order chi connectivity index (χ0) is 13.8. The summed E-state index contributed by atoms with van der Waals surface area (Å²) < 4.78 is 0. The first kappa shape index (κ1) is 16.2. The fourth-order valence-corrected chi connectivity index (χ4v) is 1.22. The fourth-order valence-electron chi connectivity index (χ4n) is 1.22. The van der Waals surface area contributed by atoms with E-state index in [2.05, 4.69) is 27.9 Å². The highest BCUT2D eigenvalue weighted by molar-refractivity contribution is 5.52. The summed E-state index contributed by atoms with van der Waals surface area (Å²) in [4.78, 5) is 12.5. The van der Waals surface area contributed by atoms with Gasteiger partial charge in [-0.3, -0.25) is 15.0 Å². The molecule has 3 heteroatoms. The summed E-state index contributed by atoms with van der Waals surface area (Å²) in [6, 6.07) is 4.04. The molecule has 0 radical (unpaired) electrons. The van der Waals surface area contributed by atoms with Gasteiger partial charge in [-0.1, -0.05) is 40.7 Å². The molecule has 0 saturated carbocycles. The first-order chi connectivity index (χ1) is 8.90. The zero-order valence-electron chi connectivity index (χ0n) is 12.0. The van der Waals surface area contributed by atoms with E-state index < -0.39 is 0 Å². The first-order valence-electron chi connectivity index (χ1n) is 6.61. The van der Waals surface area contributed by atoms with Crippen LogP contribution in [0.2, 0.25) is 0 Å². The van der Waals surface area contributed by atoms with Crippen LogP contribution in [0.15, 0.2) is 36.9 Å². The number of hydrogen-bond donors (Lipinski definition) is 0. The van der Waals surface area contributed by atoms with Crippen LogP contribution in [0.1, 0.15) is 40.2 Å². The van der Waals surface area contributed by atoms with E-state index in [1.807, 2.05) is 40.0 Å². The maximum absolute atomic E-state index is 4.32. The van der Waals surface area contributed by atoms with Gasteiger partial charge in [0.1, 0.15) is 5.69 Å². The molecule has 0 fully saturated rings. The Labute approximate surface area is 110 Å². The molecule has 98 valence electrons. The Bertz CT molecular complexity index is 396. The Morgan fingerprint density at radius 1 is 0.833 bits per heavy atom. The molecule has 2 aromatic heterocycles. The molecular weight excluding hydrogens is 222 g/mol. The molecule has 2 rings (SSSR count). The molecule has 0 amide bonds. The molecule has 0 aliphatic heterocycles. The largest absolute Gasteiger partial charge is 0.261 e. The van der Waals surface area contributed by atoms with Crippen LogP contribution in [0.4, 0.5) is 0 Å². The zero-order valence-corrected chi connectivity index (χ0v) is 12.0. The Balaban J connectivity index is 0.000000659. The molecule has 2 aromatic rings. The summed E-state index contributed by atoms with van der Waals surface area (Å²) in [5.41, 5.74) is 2.92. The Hall–Kier alpha value is -1.77. The monoisotopic (exact) mass is 245 g/mol. The van der Waals surface area contributed by atoms with Crippen molar-refractivity contribution >= 4 is 0 Å². The van der Waals surface area contributed by atoms with Gasteiger partial charge in [0.25, 0.3) is 0 Å². The molecule has 18 heavy (non-hydrogen) atoms. The summed E-state index contributed by atoms with van der Waals surface area (Å²) in [6.07, 6.45) is 7.93. The maximum Gasteiger partial charge on any atom is 0.107 e. The molecule has 0 bridgehead atoms. The number of hydrogen-bond acceptors (Lipinski definition) is 3. The van der Waals surface area contributed by atoms with E-state index in [9.17, 15) is 0 Å². The van der Waals surface area contributed by atoms with Crippen molar-refractivity contribution in [3.63, 3.8) is 0 Å². The third-order valence-corrected chi connectivity index (χ3v) is 2.06. The van der Waals surface area contributed by atoms with Crippen LogP contribution in [0, 0.1) is 0 Å². The third kappa shape index (κ3) is 5.04. The lowest BCUT2D eigenvalue weighted by molar-refractivity contribution is 1.10. The normalized spacial score (nSPS) is 8.50. The quantitative estimate of drug-likeness (QED) is 0.797. The third-order valence-electron chi connectivity index (χ3n) is 2.06. The smallest absolute Gasteiger partial charge is 0.107 e. The van der Waals surface area contributed by atoms with Gasteiger partial charge in [-0.15, -0.1) is 0 Å². The molecule has 0 spiro atoms. The van der Waals surface area contributed by atoms with Gasteiger partial charge in [0.05, 0.1) is 11.9 Å². The molecular formula is C15H23N3. The maximum atomic E-state index is 4.32. The number of aryl methyl sites for hydroxylation is 1. The SMILES string of the molecule is CC.CC.CCc1ccc(-c2cnccn2)nc1. The summed E-state index contributed by atoms with van der Waals surface area (Å²) in [6.45, 7) is 10.1. The van der Waals surface area contributed by atoms with Crippen molar-refractivity contribution in [3.05, 3.63) is 42.5 Å². The van der Waals surface area contributed by atoms with Crippen molar-refractivity contribution < 1.29 is 0 Å². The average molecular weight is 245 g/mol. The van der Waals surface area contributed by atoms with Gasteiger partial charge in [0.2, 0.25) is 0 Å². The molecule has 0 N–H and O–H groups in total. The predicted octanol–water partition coefficient (Wildman–Crippen LogP) is 4.15. The van der Waals surface area contributed by atoms with Gasteiger partial charge in [-0.25, -0.2) is 0 Å². The molecule has 0 aromatic carbocycles. The molecule has 0 aliphatic rings.